The van der Waals surface area contributed by atoms with E-state index in [0.717, 1.165) is 24.8 Å². The highest BCUT2D eigenvalue weighted by atomic mass is 16.1. The van der Waals surface area contributed by atoms with Gasteiger partial charge in [-0.2, -0.15) is 0 Å². The molecule has 1 unspecified atom stereocenters. The van der Waals surface area contributed by atoms with Crippen molar-refractivity contribution in [3.8, 4) is 0 Å². The number of hydrogen-bond donors (Lipinski definition) is 2. The van der Waals surface area contributed by atoms with Crippen LogP contribution in [0.4, 0.5) is 0 Å². The quantitative estimate of drug-likeness (QED) is 0.633. The zero-order valence-corrected chi connectivity index (χ0v) is 8.76. The molecule has 3 heteroatoms. The first kappa shape index (κ1) is 12.2. The van der Waals surface area contributed by atoms with E-state index in [2.05, 4.69) is 0 Å². The van der Waals surface area contributed by atoms with Crippen LogP contribution in [-0.2, 0) is 4.79 Å². The molecule has 0 saturated heterocycles. The van der Waals surface area contributed by atoms with Crippen molar-refractivity contribution >= 4 is 5.91 Å². The molecule has 0 aliphatic carbocycles. The highest BCUT2D eigenvalue weighted by Gasteiger charge is 2.16. The number of carbonyl (C=O) groups is 1. The van der Waals surface area contributed by atoms with Crippen molar-refractivity contribution in [1.82, 2.24) is 0 Å². The van der Waals surface area contributed by atoms with E-state index >= 15 is 0 Å². The van der Waals surface area contributed by atoms with E-state index in [9.17, 15) is 4.79 Å². The van der Waals surface area contributed by atoms with Gasteiger partial charge in [0.2, 0.25) is 5.91 Å². The summed E-state index contributed by atoms with van der Waals surface area (Å²) in [6.45, 7) is 5.99. The fourth-order valence-corrected chi connectivity index (χ4v) is 1.45. The fraction of sp³-hybridized carbons (Fsp3) is 0.700. The van der Waals surface area contributed by atoms with Gasteiger partial charge in [-0.3, -0.25) is 4.79 Å². The maximum Gasteiger partial charge on any atom is 0.246 e. The van der Waals surface area contributed by atoms with Gasteiger partial charge in [0.1, 0.15) is 0 Å². The molecule has 0 radical (unpaired) electrons. The Morgan fingerprint density at radius 2 is 1.69 bits per heavy atom. The van der Waals surface area contributed by atoms with Crippen molar-refractivity contribution in [2.24, 2.45) is 11.5 Å². The van der Waals surface area contributed by atoms with Crippen LogP contribution >= 0.6 is 0 Å². The summed E-state index contributed by atoms with van der Waals surface area (Å²) in [5.41, 5.74) is 12.8. The Balaban J connectivity index is 4.96. The second-order valence-corrected chi connectivity index (χ2v) is 3.10. The monoisotopic (exact) mass is 184 g/mol. The summed E-state index contributed by atoms with van der Waals surface area (Å²) in [6, 6.07) is -0.201. The maximum atomic E-state index is 11.1. The largest absolute Gasteiger partial charge is 0.366 e. The third kappa shape index (κ3) is 3.19. The van der Waals surface area contributed by atoms with Crippen molar-refractivity contribution in [2.45, 2.75) is 46.1 Å². The SMILES string of the molecule is CCC(CC)=C(C(N)=O)C(N)CC. The molecule has 0 heterocycles. The van der Waals surface area contributed by atoms with E-state index in [4.69, 9.17) is 11.5 Å². The van der Waals surface area contributed by atoms with Gasteiger partial charge in [0.25, 0.3) is 0 Å². The summed E-state index contributed by atoms with van der Waals surface area (Å²) in [4.78, 5) is 11.1. The molecule has 0 bridgehead atoms. The second-order valence-electron chi connectivity index (χ2n) is 3.10. The molecule has 0 saturated carbocycles. The minimum atomic E-state index is -0.368. The number of allylic oxidation sites excluding steroid dienone is 1. The molecular weight excluding hydrogens is 164 g/mol. The molecule has 0 aromatic heterocycles. The molecule has 1 amide bonds. The number of rotatable bonds is 5. The molecule has 0 aliphatic rings. The van der Waals surface area contributed by atoms with Crippen LogP contribution in [0.2, 0.25) is 0 Å². The summed E-state index contributed by atoms with van der Waals surface area (Å²) in [7, 11) is 0. The van der Waals surface area contributed by atoms with Gasteiger partial charge < -0.3 is 11.5 Å². The number of carbonyl (C=O) groups excluding carboxylic acids is 1. The molecule has 0 fully saturated rings. The van der Waals surface area contributed by atoms with Gasteiger partial charge in [-0.1, -0.05) is 26.3 Å². The Labute approximate surface area is 80.2 Å². The topological polar surface area (TPSA) is 69.1 Å². The summed E-state index contributed by atoms with van der Waals surface area (Å²) >= 11 is 0. The average Bonchev–Trinajstić information content (AvgIpc) is 2.12. The predicted molar refractivity (Wildman–Crippen MR) is 55.1 cm³/mol. The van der Waals surface area contributed by atoms with Crippen molar-refractivity contribution < 1.29 is 4.79 Å². The van der Waals surface area contributed by atoms with E-state index in [1.54, 1.807) is 0 Å². The number of nitrogens with two attached hydrogens (primary N) is 2. The highest BCUT2D eigenvalue weighted by molar-refractivity contribution is 5.94. The van der Waals surface area contributed by atoms with E-state index in [1.165, 1.54) is 0 Å². The molecule has 0 aromatic rings. The smallest absolute Gasteiger partial charge is 0.246 e. The van der Waals surface area contributed by atoms with Crippen molar-refractivity contribution in [3.05, 3.63) is 11.1 Å². The average molecular weight is 184 g/mol. The zero-order chi connectivity index (χ0) is 10.4. The Bertz CT molecular complexity index is 203. The third-order valence-electron chi connectivity index (χ3n) is 2.31. The first-order valence-electron chi connectivity index (χ1n) is 4.85. The Morgan fingerprint density at radius 1 is 1.23 bits per heavy atom. The predicted octanol–water partition coefficient (Wildman–Crippen LogP) is 1.33. The molecule has 4 N–H and O–H groups in total. The van der Waals surface area contributed by atoms with E-state index in [1.807, 2.05) is 20.8 Å². The van der Waals surface area contributed by atoms with Crippen LogP contribution in [0.25, 0.3) is 0 Å². The second kappa shape index (κ2) is 5.75. The lowest BCUT2D eigenvalue weighted by molar-refractivity contribution is -0.114. The van der Waals surface area contributed by atoms with E-state index in [-0.39, 0.29) is 11.9 Å². The molecule has 76 valence electrons. The third-order valence-corrected chi connectivity index (χ3v) is 2.31. The lowest BCUT2D eigenvalue weighted by Gasteiger charge is -2.15. The normalized spacial score (nSPS) is 12.3. The molecule has 13 heavy (non-hydrogen) atoms. The summed E-state index contributed by atoms with van der Waals surface area (Å²) < 4.78 is 0. The Hall–Kier alpha value is -0.830. The fourth-order valence-electron chi connectivity index (χ4n) is 1.45. The lowest BCUT2D eigenvalue weighted by Crippen LogP contribution is -2.31. The summed E-state index contributed by atoms with van der Waals surface area (Å²) in [5.74, 6) is -0.368. The van der Waals surface area contributed by atoms with Crippen molar-refractivity contribution in [1.29, 1.82) is 0 Å². The number of primary amides is 1. The number of amides is 1. The van der Waals surface area contributed by atoms with Gasteiger partial charge >= 0.3 is 0 Å². The van der Waals surface area contributed by atoms with Crippen LogP contribution in [0.3, 0.4) is 0 Å². The zero-order valence-electron chi connectivity index (χ0n) is 8.76. The van der Waals surface area contributed by atoms with E-state index < -0.39 is 0 Å². The molecule has 3 nitrogen and oxygen atoms in total. The van der Waals surface area contributed by atoms with Crippen LogP contribution in [0.15, 0.2) is 11.1 Å². The van der Waals surface area contributed by atoms with Gasteiger partial charge in [0.05, 0.1) is 0 Å². The van der Waals surface area contributed by atoms with Gasteiger partial charge in [-0.15, -0.1) is 0 Å². The molecular formula is C10H20N2O. The van der Waals surface area contributed by atoms with Gasteiger partial charge in [0, 0.05) is 11.6 Å². The molecule has 0 spiro atoms. The highest BCUT2D eigenvalue weighted by Crippen LogP contribution is 2.16. The molecule has 1 atom stereocenters. The first-order valence-corrected chi connectivity index (χ1v) is 4.85. The van der Waals surface area contributed by atoms with Crippen LogP contribution in [-0.4, -0.2) is 11.9 Å². The van der Waals surface area contributed by atoms with Crippen molar-refractivity contribution in [2.75, 3.05) is 0 Å². The first-order chi connectivity index (χ1) is 6.08. The maximum absolute atomic E-state index is 11.1. The number of hydrogen-bond acceptors (Lipinski definition) is 2. The molecule has 0 rings (SSSR count). The van der Waals surface area contributed by atoms with Gasteiger partial charge in [0.15, 0.2) is 0 Å². The van der Waals surface area contributed by atoms with E-state index in [0.29, 0.717) is 5.57 Å². The Morgan fingerprint density at radius 3 is 1.92 bits per heavy atom. The Kier molecular flexibility index (Phi) is 5.39. The molecule has 0 aromatic carbocycles. The lowest BCUT2D eigenvalue weighted by atomic mass is 9.95. The van der Waals surface area contributed by atoms with Crippen LogP contribution in [0, 0.1) is 0 Å². The standard InChI is InChI=1S/C10H20N2O/c1-4-7(5-2)9(10(12)13)8(11)6-3/h8H,4-6,11H2,1-3H3,(H2,12,13). The summed E-state index contributed by atoms with van der Waals surface area (Å²) in [6.07, 6.45) is 2.45. The van der Waals surface area contributed by atoms with Crippen LogP contribution in [0.1, 0.15) is 40.0 Å². The minimum absolute atomic E-state index is 0.201. The van der Waals surface area contributed by atoms with Gasteiger partial charge in [-0.05, 0) is 19.3 Å². The van der Waals surface area contributed by atoms with Crippen LogP contribution < -0.4 is 11.5 Å². The summed E-state index contributed by atoms with van der Waals surface area (Å²) in [5, 5.41) is 0. The minimum Gasteiger partial charge on any atom is -0.366 e. The van der Waals surface area contributed by atoms with Crippen LogP contribution in [0.5, 0.6) is 0 Å². The van der Waals surface area contributed by atoms with Crippen molar-refractivity contribution in [3.63, 3.8) is 0 Å². The van der Waals surface area contributed by atoms with Gasteiger partial charge in [-0.25, -0.2) is 0 Å². The molecule has 0 aliphatic heterocycles.